The summed E-state index contributed by atoms with van der Waals surface area (Å²) < 4.78 is 83.3. The molecule has 4 aliphatic rings. The van der Waals surface area contributed by atoms with E-state index in [1.807, 2.05) is 12.1 Å². The zero-order chi connectivity index (χ0) is 36.6. The highest BCUT2D eigenvalue weighted by atomic mass is 19.4. The van der Waals surface area contributed by atoms with Gasteiger partial charge >= 0.3 is 18.4 Å². The number of hydrogen-bond acceptors (Lipinski definition) is 7. The van der Waals surface area contributed by atoms with Crippen LogP contribution in [-0.2, 0) is 38.4 Å². The molecule has 2 aromatic carbocycles. The number of carbonyl (C=O) groups is 3. The van der Waals surface area contributed by atoms with Crippen molar-refractivity contribution in [3.8, 4) is 0 Å². The number of carbonyl (C=O) groups excluding carboxylic acids is 3. The fraction of sp³-hybridized carbons (Fsp3) is 0.528. The minimum Gasteiger partial charge on any atom is -0.438 e. The number of para-hydroxylation sites is 1. The SMILES string of the molecule is C=CC(F)(F)c1cc(C[C@@H](OC(=O)N2CCC3(CC2)OC(=O)Nc2ccccc23)C(=O)N2CCC(C3CCNCC3)CC2)cc(C(F)(F)F)c1N. The second kappa shape index (κ2) is 14.3. The summed E-state index contributed by atoms with van der Waals surface area (Å²) in [4.78, 5) is 42.9. The van der Waals surface area contributed by atoms with Gasteiger partial charge in [0.15, 0.2) is 6.10 Å². The number of amides is 3. The van der Waals surface area contributed by atoms with E-state index in [1.165, 1.54) is 9.80 Å². The van der Waals surface area contributed by atoms with Crippen molar-refractivity contribution in [3.63, 3.8) is 0 Å². The molecule has 2 aromatic rings. The van der Waals surface area contributed by atoms with Crippen LogP contribution in [0.1, 0.15) is 60.8 Å². The van der Waals surface area contributed by atoms with Crippen LogP contribution in [0, 0.1) is 11.8 Å². The second-order valence-electron chi connectivity index (χ2n) is 13.8. The Morgan fingerprint density at radius 2 is 1.61 bits per heavy atom. The lowest BCUT2D eigenvalue weighted by Crippen LogP contribution is -2.52. The Hall–Kier alpha value is -4.40. The number of fused-ring (bicyclic) bond motifs is 2. The molecule has 51 heavy (non-hydrogen) atoms. The minimum absolute atomic E-state index is 0.0821. The first kappa shape index (κ1) is 36.4. The van der Waals surface area contributed by atoms with Gasteiger partial charge in [0.2, 0.25) is 0 Å². The topological polar surface area (TPSA) is 126 Å². The van der Waals surface area contributed by atoms with Crippen LogP contribution in [0.2, 0.25) is 0 Å². The van der Waals surface area contributed by atoms with Gasteiger partial charge in [-0.3, -0.25) is 10.1 Å². The highest BCUT2D eigenvalue weighted by Gasteiger charge is 2.46. The Balaban J connectivity index is 1.23. The molecule has 3 saturated heterocycles. The van der Waals surface area contributed by atoms with Gasteiger partial charge in [-0.05, 0) is 80.4 Å². The Labute approximate surface area is 292 Å². The van der Waals surface area contributed by atoms with Gasteiger partial charge < -0.3 is 30.3 Å². The Morgan fingerprint density at radius 3 is 2.25 bits per heavy atom. The van der Waals surface area contributed by atoms with E-state index in [1.54, 1.807) is 12.1 Å². The van der Waals surface area contributed by atoms with Crippen molar-refractivity contribution in [2.75, 3.05) is 50.3 Å². The molecule has 15 heteroatoms. The van der Waals surface area contributed by atoms with Crippen LogP contribution < -0.4 is 16.4 Å². The van der Waals surface area contributed by atoms with Crippen LogP contribution in [0.3, 0.4) is 0 Å². The van der Waals surface area contributed by atoms with Crippen molar-refractivity contribution in [3.05, 3.63) is 71.3 Å². The van der Waals surface area contributed by atoms with E-state index in [0.717, 1.165) is 50.4 Å². The van der Waals surface area contributed by atoms with E-state index in [2.05, 4.69) is 17.2 Å². The zero-order valence-corrected chi connectivity index (χ0v) is 28.1. The fourth-order valence-corrected chi connectivity index (χ4v) is 7.93. The number of allylic oxidation sites excluding steroid dienone is 1. The summed E-state index contributed by atoms with van der Waals surface area (Å²) in [5, 5.41) is 6.02. The molecule has 0 saturated carbocycles. The number of halogens is 5. The average Bonchev–Trinajstić information content (AvgIpc) is 3.11. The van der Waals surface area contributed by atoms with Crippen LogP contribution in [-0.4, -0.2) is 73.3 Å². The number of likely N-dealkylation sites (tertiary alicyclic amines) is 2. The van der Waals surface area contributed by atoms with Crippen LogP contribution >= 0.6 is 0 Å². The monoisotopic (exact) mass is 719 g/mol. The van der Waals surface area contributed by atoms with E-state index in [4.69, 9.17) is 15.2 Å². The summed E-state index contributed by atoms with van der Waals surface area (Å²) in [6, 6.07) is 8.59. The molecule has 3 amide bonds. The smallest absolute Gasteiger partial charge is 0.418 e. The van der Waals surface area contributed by atoms with E-state index < -0.39 is 65.1 Å². The molecule has 4 aliphatic heterocycles. The molecule has 4 N–H and O–H groups in total. The molecule has 10 nitrogen and oxygen atoms in total. The predicted molar refractivity (Wildman–Crippen MR) is 178 cm³/mol. The molecular weight excluding hydrogens is 677 g/mol. The van der Waals surface area contributed by atoms with E-state index in [0.29, 0.717) is 36.7 Å². The Morgan fingerprint density at radius 1 is 0.980 bits per heavy atom. The molecule has 3 fully saturated rings. The van der Waals surface area contributed by atoms with Crippen molar-refractivity contribution in [1.29, 1.82) is 0 Å². The predicted octanol–water partition coefficient (Wildman–Crippen LogP) is 6.40. The van der Waals surface area contributed by atoms with Gasteiger partial charge in [-0.15, -0.1) is 0 Å². The van der Waals surface area contributed by atoms with Crippen molar-refractivity contribution in [2.45, 2.75) is 68.7 Å². The van der Waals surface area contributed by atoms with E-state index in [-0.39, 0.29) is 37.6 Å². The number of rotatable bonds is 7. The average molecular weight is 720 g/mol. The van der Waals surface area contributed by atoms with Gasteiger partial charge in [-0.2, -0.15) is 22.0 Å². The Kier molecular flexibility index (Phi) is 10.2. The van der Waals surface area contributed by atoms with Crippen LogP contribution in [0.5, 0.6) is 0 Å². The Bertz CT molecular complexity index is 1650. The number of nitrogens with one attached hydrogen (secondary N) is 2. The van der Waals surface area contributed by atoms with Gasteiger partial charge in [0, 0.05) is 56.6 Å². The van der Waals surface area contributed by atoms with Gasteiger partial charge in [0.25, 0.3) is 11.8 Å². The maximum Gasteiger partial charge on any atom is 0.418 e. The standard InChI is InChI=1S/C36H42F5N5O5/c1-2-35(37,38)26-19-22(20-27(30(26)42)36(39,40)41)21-29(31(47)45-15-9-24(10-16-45)23-7-13-43-14-8-23)50-33(49)46-17-11-34(12-18-46)25-5-3-4-6-28(25)44-32(48)51-34/h2-6,19-20,23-24,29,43H,1,7-18,21,42H2,(H,44,48)/t29-/m1/s1. The summed E-state index contributed by atoms with van der Waals surface area (Å²) in [5.74, 6) is -3.61. The molecule has 1 atom stereocenters. The van der Waals surface area contributed by atoms with Gasteiger partial charge in [0.1, 0.15) is 5.60 Å². The molecule has 1 spiro atoms. The van der Waals surface area contributed by atoms with Crippen molar-refractivity contribution in [2.24, 2.45) is 11.8 Å². The van der Waals surface area contributed by atoms with Crippen molar-refractivity contribution >= 4 is 29.5 Å². The van der Waals surface area contributed by atoms with Crippen molar-refractivity contribution < 1.29 is 45.8 Å². The minimum atomic E-state index is -5.08. The van der Waals surface area contributed by atoms with Crippen LogP contribution in [0.25, 0.3) is 0 Å². The molecule has 0 bridgehead atoms. The van der Waals surface area contributed by atoms with Crippen molar-refractivity contribution in [1.82, 2.24) is 15.1 Å². The number of piperidine rings is 3. The molecule has 276 valence electrons. The van der Waals surface area contributed by atoms with E-state index >= 15 is 0 Å². The van der Waals surface area contributed by atoms with Gasteiger partial charge in [0.05, 0.1) is 16.9 Å². The summed E-state index contributed by atoms with van der Waals surface area (Å²) in [6.45, 7) is 5.79. The lowest BCUT2D eigenvalue weighted by atomic mass is 9.79. The third-order valence-corrected chi connectivity index (χ3v) is 10.8. The number of nitrogens with two attached hydrogens (primary N) is 1. The summed E-state index contributed by atoms with van der Waals surface area (Å²) in [7, 11) is 0. The highest BCUT2D eigenvalue weighted by Crippen LogP contribution is 2.44. The van der Waals surface area contributed by atoms with Crippen LogP contribution in [0.15, 0.2) is 49.1 Å². The third-order valence-electron chi connectivity index (χ3n) is 10.8. The molecule has 4 heterocycles. The zero-order valence-electron chi connectivity index (χ0n) is 28.1. The first-order valence-electron chi connectivity index (χ1n) is 17.3. The number of anilines is 2. The summed E-state index contributed by atoms with van der Waals surface area (Å²) in [5.41, 5.74) is 1.91. The van der Waals surface area contributed by atoms with Gasteiger partial charge in [-0.25, -0.2) is 9.59 Å². The number of nitrogens with zero attached hydrogens (tertiary/aromatic N) is 2. The molecule has 0 unspecified atom stereocenters. The molecular formula is C36H42F5N5O5. The molecule has 0 aromatic heterocycles. The lowest BCUT2D eigenvalue weighted by molar-refractivity contribution is -0.143. The molecule has 6 rings (SSSR count). The fourth-order valence-electron chi connectivity index (χ4n) is 7.93. The highest BCUT2D eigenvalue weighted by molar-refractivity contribution is 5.89. The number of ether oxygens (including phenoxy) is 2. The third kappa shape index (κ3) is 7.63. The molecule has 0 radical (unpaired) electrons. The first-order chi connectivity index (χ1) is 24.2. The quantitative estimate of drug-likeness (QED) is 0.172. The number of benzene rings is 2. The largest absolute Gasteiger partial charge is 0.438 e. The first-order valence-corrected chi connectivity index (χ1v) is 17.3. The second-order valence-corrected chi connectivity index (χ2v) is 13.8. The van der Waals surface area contributed by atoms with Crippen LogP contribution in [0.4, 0.5) is 42.9 Å². The number of alkyl halides is 5. The van der Waals surface area contributed by atoms with E-state index in [9.17, 15) is 36.3 Å². The normalized spacial score (nSPS) is 20.6. The molecule has 0 aliphatic carbocycles. The number of hydrogen-bond donors (Lipinski definition) is 3. The lowest BCUT2D eigenvalue weighted by Gasteiger charge is -2.44. The maximum absolute atomic E-state index is 14.8. The maximum atomic E-state index is 14.8. The number of nitrogen functional groups attached to an aromatic ring is 1. The summed E-state index contributed by atoms with van der Waals surface area (Å²) >= 11 is 0. The summed E-state index contributed by atoms with van der Waals surface area (Å²) in [6.07, 6.45) is -4.67. The van der Waals surface area contributed by atoms with Gasteiger partial charge in [-0.1, -0.05) is 24.8 Å².